The van der Waals surface area contributed by atoms with E-state index in [0.717, 1.165) is 25.2 Å². The summed E-state index contributed by atoms with van der Waals surface area (Å²) in [5, 5.41) is 3.58. The molecule has 1 unspecified atom stereocenters. The van der Waals surface area contributed by atoms with Crippen molar-refractivity contribution in [3.05, 3.63) is 76.3 Å². The molecule has 1 aliphatic heterocycles. The van der Waals surface area contributed by atoms with Crippen LogP contribution in [0.3, 0.4) is 0 Å². The number of aromatic nitrogens is 3. The van der Waals surface area contributed by atoms with E-state index in [-0.39, 0.29) is 11.6 Å². The molecule has 3 aromatic rings. The predicted octanol–water partition coefficient (Wildman–Crippen LogP) is 2.30. The van der Waals surface area contributed by atoms with Crippen LogP contribution >= 0.6 is 0 Å². The van der Waals surface area contributed by atoms with E-state index in [0.29, 0.717) is 11.6 Å². The molecule has 0 aliphatic carbocycles. The van der Waals surface area contributed by atoms with Gasteiger partial charge in [-0.1, -0.05) is 29.8 Å². The zero-order valence-electron chi connectivity index (χ0n) is 15.6. The van der Waals surface area contributed by atoms with Gasteiger partial charge in [0.25, 0.3) is 5.56 Å². The molecule has 0 saturated carbocycles. The molecule has 1 aromatic carbocycles. The Bertz CT molecular complexity index is 999. The number of piperazine rings is 1. The number of hydrogen-bond acceptors (Lipinski definition) is 5. The summed E-state index contributed by atoms with van der Waals surface area (Å²) in [4.78, 5) is 23.6. The second-order valence-corrected chi connectivity index (χ2v) is 6.94. The number of rotatable bonds is 3. The van der Waals surface area contributed by atoms with Crippen molar-refractivity contribution in [2.24, 2.45) is 7.05 Å². The standard InChI is InChI=1S/C21H23N5O/c1-15-4-3-5-17(12-15)19-14-26(11-10-23-19)21-24-18(13-20(27)25(21)2)16-6-8-22-9-7-16/h3-9,12-13,19,23H,10-11,14H2,1-2H3. The first kappa shape index (κ1) is 17.4. The maximum absolute atomic E-state index is 12.5. The fourth-order valence-corrected chi connectivity index (χ4v) is 3.52. The maximum atomic E-state index is 12.5. The van der Waals surface area contributed by atoms with Gasteiger partial charge in [0, 0.05) is 56.7 Å². The summed E-state index contributed by atoms with van der Waals surface area (Å²) in [5.41, 5.74) is 4.03. The average Bonchev–Trinajstić information content (AvgIpc) is 2.71. The molecule has 0 radical (unpaired) electrons. The van der Waals surface area contributed by atoms with Gasteiger partial charge < -0.3 is 10.2 Å². The minimum absolute atomic E-state index is 0.0579. The third-order valence-electron chi connectivity index (χ3n) is 4.99. The molecule has 1 N–H and O–H groups in total. The molecule has 1 saturated heterocycles. The van der Waals surface area contributed by atoms with Crippen molar-refractivity contribution in [3.8, 4) is 11.3 Å². The first-order chi connectivity index (χ1) is 13.1. The number of hydrogen-bond donors (Lipinski definition) is 1. The first-order valence-corrected chi connectivity index (χ1v) is 9.15. The Morgan fingerprint density at radius 1 is 1.15 bits per heavy atom. The van der Waals surface area contributed by atoms with Crippen molar-refractivity contribution in [2.75, 3.05) is 24.5 Å². The normalized spacial score (nSPS) is 17.1. The molecular formula is C21H23N5O. The Morgan fingerprint density at radius 2 is 1.96 bits per heavy atom. The van der Waals surface area contributed by atoms with E-state index >= 15 is 0 Å². The maximum Gasteiger partial charge on any atom is 0.255 e. The van der Waals surface area contributed by atoms with Crippen LogP contribution < -0.4 is 15.8 Å². The lowest BCUT2D eigenvalue weighted by Crippen LogP contribution is -2.47. The highest BCUT2D eigenvalue weighted by Crippen LogP contribution is 2.23. The number of nitrogens with one attached hydrogen (secondary N) is 1. The highest BCUT2D eigenvalue weighted by atomic mass is 16.1. The van der Waals surface area contributed by atoms with Gasteiger partial charge in [-0.05, 0) is 24.6 Å². The van der Waals surface area contributed by atoms with Crippen LogP contribution in [0.2, 0.25) is 0 Å². The minimum Gasteiger partial charge on any atom is -0.339 e. The second-order valence-electron chi connectivity index (χ2n) is 6.94. The van der Waals surface area contributed by atoms with Crippen LogP contribution in [0.1, 0.15) is 17.2 Å². The Labute approximate surface area is 158 Å². The molecule has 3 heterocycles. The number of benzene rings is 1. The van der Waals surface area contributed by atoms with Gasteiger partial charge in [-0.15, -0.1) is 0 Å². The van der Waals surface area contributed by atoms with Crippen molar-refractivity contribution in [1.29, 1.82) is 0 Å². The molecule has 0 bridgehead atoms. The highest BCUT2D eigenvalue weighted by molar-refractivity contribution is 5.59. The fourth-order valence-electron chi connectivity index (χ4n) is 3.52. The number of aryl methyl sites for hydroxylation is 1. The predicted molar refractivity (Wildman–Crippen MR) is 107 cm³/mol. The van der Waals surface area contributed by atoms with Gasteiger partial charge in [-0.2, -0.15) is 0 Å². The lowest BCUT2D eigenvalue weighted by atomic mass is 10.0. The van der Waals surface area contributed by atoms with Gasteiger partial charge in [0.15, 0.2) is 0 Å². The van der Waals surface area contributed by atoms with Crippen molar-refractivity contribution in [1.82, 2.24) is 19.9 Å². The van der Waals surface area contributed by atoms with E-state index in [1.54, 1.807) is 30.1 Å². The first-order valence-electron chi connectivity index (χ1n) is 9.15. The average molecular weight is 361 g/mol. The number of anilines is 1. The van der Waals surface area contributed by atoms with Crippen molar-refractivity contribution in [3.63, 3.8) is 0 Å². The fraction of sp³-hybridized carbons (Fsp3) is 0.286. The van der Waals surface area contributed by atoms with Gasteiger partial charge in [-0.3, -0.25) is 14.3 Å². The SMILES string of the molecule is Cc1cccc(C2CN(c3nc(-c4ccncc4)cc(=O)n3C)CCN2)c1. The second kappa shape index (κ2) is 7.32. The third-order valence-corrected chi connectivity index (χ3v) is 4.99. The highest BCUT2D eigenvalue weighted by Gasteiger charge is 2.24. The van der Waals surface area contributed by atoms with Gasteiger partial charge in [0.1, 0.15) is 0 Å². The quantitative estimate of drug-likeness (QED) is 0.776. The van der Waals surface area contributed by atoms with Crippen molar-refractivity contribution >= 4 is 5.95 Å². The summed E-state index contributed by atoms with van der Waals surface area (Å²) >= 11 is 0. The summed E-state index contributed by atoms with van der Waals surface area (Å²) in [6.45, 7) is 4.52. The van der Waals surface area contributed by atoms with Crippen LogP contribution in [-0.4, -0.2) is 34.2 Å². The Kier molecular flexibility index (Phi) is 4.73. The third kappa shape index (κ3) is 3.61. The molecule has 138 valence electrons. The number of nitrogens with zero attached hydrogens (tertiary/aromatic N) is 4. The van der Waals surface area contributed by atoms with Crippen LogP contribution in [-0.2, 0) is 7.05 Å². The van der Waals surface area contributed by atoms with Gasteiger partial charge in [0.2, 0.25) is 5.95 Å². The van der Waals surface area contributed by atoms with Crippen molar-refractivity contribution < 1.29 is 0 Å². The molecule has 0 spiro atoms. The summed E-state index contributed by atoms with van der Waals surface area (Å²) in [6, 6.07) is 14.1. The molecule has 0 amide bonds. The summed E-state index contributed by atoms with van der Waals surface area (Å²) < 4.78 is 1.63. The molecular weight excluding hydrogens is 338 g/mol. The summed E-state index contributed by atoms with van der Waals surface area (Å²) in [5.74, 6) is 0.702. The molecule has 1 aliphatic rings. The van der Waals surface area contributed by atoms with E-state index in [4.69, 9.17) is 4.98 Å². The Hall–Kier alpha value is -2.99. The van der Waals surface area contributed by atoms with E-state index in [9.17, 15) is 4.79 Å². The van der Waals surface area contributed by atoms with Crippen LogP contribution in [0, 0.1) is 6.92 Å². The van der Waals surface area contributed by atoms with Crippen LogP contribution in [0.4, 0.5) is 5.95 Å². The van der Waals surface area contributed by atoms with E-state index in [1.807, 2.05) is 12.1 Å². The summed E-state index contributed by atoms with van der Waals surface area (Å²) in [6.07, 6.45) is 3.43. The molecule has 27 heavy (non-hydrogen) atoms. The monoisotopic (exact) mass is 361 g/mol. The van der Waals surface area contributed by atoms with Gasteiger partial charge in [0.05, 0.1) is 5.69 Å². The van der Waals surface area contributed by atoms with E-state index < -0.39 is 0 Å². The molecule has 4 rings (SSSR count). The van der Waals surface area contributed by atoms with E-state index in [2.05, 4.69) is 46.4 Å². The Morgan fingerprint density at radius 3 is 2.74 bits per heavy atom. The molecule has 1 atom stereocenters. The van der Waals surface area contributed by atoms with Gasteiger partial charge >= 0.3 is 0 Å². The Balaban J connectivity index is 1.68. The summed E-state index contributed by atoms with van der Waals surface area (Å²) in [7, 11) is 1.78. The van der Waals surface area contributed by atoms with Crippen LogP contribution in [0.25, 0.3) is 11.3 Å². The molecule has 2 aromatic heterocycles. The van der Waals surface area contributed by atoms with Gasteiger partial charge in [-0.25, -0.2) is 4.98 Å². The van der Waals surface area contributed by atoms with E-state index in [1.165, 1.54) is 11.1 Å². The number of pyridine rings is 1. The molecule has 6 nitrogen and oxygen atoms in total. The topological polar surface area (TPSA) is 63.1 Å². The van der Waals surface area contributed by atoms with Crippen LogP contribution in [0.15, 0.2) is 59.7 Å². The zero-order valence-corrected chi connectivity index (χ0v) is 15.6. The molecule has 1 fully saturated rings. The largest absolute Gasteiger partial charge is 0.339 e. The molecule has 6 heteroatoms. The zero-order chi connectivity index (χ0) is 18.8. The van der Waals surface area contributed by atoms with Crippen LogP contribution in [0.5, 0.6) is 0 Å². The smallest absolute Gasteiger partial charge is 0.255 e. The minimum atomic E-state index is -0.0579. The lowest BCUT2D eigenvalue weighted by Gasteiger charge is -2.35. The van der Waals surface area contributed by atoms with Crippen molar-refractivity contribution in [2.45, 2.75) is 13.0 Å². The lowest BCUT2D eigenvalue weighted by molar-refractivity contribution is 0.462.